The lowest BCUT2D eigenvalue weighted by Gasteiger charge is -2.70. The van der Waals surface area contributed by atoms with Gasteiger partial charge in [0.15, 0.2) is 18.2 Å². The Kier molecular flexibility index (Phi) is 5.51. The van der Waals surface area contributed by atoms with E-state index in [0.29, 0.717) is 12.2 Å². The number of nitrogens with one attached hydrogen (secondary N) is 2. The maximum atomic E-state index is 13.4. The highest BCUT2D eigenvalue weighted by Crippen LogP contribution is 2.69. The number of Topliss-reactive ketones (excluding diaryl/α,β-unsaturated/α-hetero) is 1. The molecular weight excluding hydrogens is 427 g/mol. The summed E-state index contributed by atoms with van der Waals surface area (Å²) in [5.74, 6) is -0.105. The number of amides is 2. The van der Waals surface area contributed by atoms with Gasteiger partial charge in [-0.15, -0.1) is 0 Å². The number of hydrogen-bond acceptors (Lipinski definition) is 5. The summed E-state index contributed by atoms with van der Waals surface area (Å²) in [7, 11) is 0. The monoisotopic (exact) mass is 448 g/mol. The molecule has 0 radical (unpaired) electrons. The highest BCUT2D eigenvalue weighted by Gasteiger charge is 2.68. The molecule has 3 aliphatic carbocycles. The van der Waals surface area contributed by atoms with Crippen molar-refractivity contribution in [3.05, 3.63) is 52.7 Å². The number of ether oxygens (including phenoxy) is 1. The van der Waals surface area contributed by atoms with E-state index < -0.39 is 5.82 Å². The number of furan rings is 1. The number of carbonyl (C=O) groups is 3. The second-order valence-corrected chi connectivity index (χ2v) is 8.91. The smallest absolute Gasteiger partial charge is 0.258 e. The van der Waals surface area contributed by atoms with E-state index >= 15 is 0 Å². The average molecular weight is 449 g/mol. The van der Waals surface area contributed by atoms with Crippen LogP contribution in [0, 0.1) is 11.2 Å². The van der Waals surface area contributed by atoms with Gasteiger partial charge in [-0.05, 0) is 48.9 Å². The van der Waals surface area contributed by atoms with Crippen LogP contribution in [0.5, 0.6) is 5.75 Å². The van der Waals surface area contributed by atoms with Crippen LogP contribution in [0.4, 0.5) is 4.39 Å². The van der Waals surface area contributed by atoms with Crippen LogP contribution in [-0.2, 0) is 16.1 Å². The number of halogens is 2. The van der Waals surface area contributed by atoms with E-state index in [1.165, 1.54) is 19.1 Å². The van der Waals surface area contributed by atoms with Gasteiger partial charge in [0.1, 0.15) is 17.3 Å². The standard InChI is InChI=1S/C22H22ClFN2O5/c1-13(27)25-8-15-3-5-19(31-15)18(28)7-21-10-22(11-21,12-21)26-20(29)9-30-14-2-4-16(23)17(24)6-14/h2-6H,7-12H2,1H3,(H,25,27)(H,26,29). The van der Waals surface area contributed by atoms with Gasteiger partial charge in [-0.3, -0.25) is 14.4 Å². The molecule has 2 aromatic rings. The molecule has 0 atom stereocenters. The van der Waals surface area contributed by atoms with Gasteiger partial charge in [0.05, 0.1) is 11.6 Å². The van der Waals surface area contributed by atoms with Crippen molar-refractivity contribution < 1.29 is 27.9 Å². The van der Waals surface area contributed by atoms with Crippen molar-refractivity contribution >= 4 is 29.2 Å². The van der Waals surface area contributed by atoms with Gasteiger partial charge in [-0.2, -0.15) is 0 Å². The van der Waals surface area contributed by atoms with E-state index in [-0.39, 0.29) is 58.2 Å². The molecule has 3 saturated carbocycles. The number of ketones is 1. The Morgan fingerprint density at radius 2 is 1.94 bits per heavy atom. The summed E-state index contributed by atoms with van der Waals surface area (Å²) in [6.45, 7) is 1.43. The zero-order valence-electron chi connectivity index (χ0n) is 16.9. The molecule has 7 nitrogen and oxygen atoms in total. The summed E-state index contributed by atoms with van der Waals surface area (Å²) in [6.07, 6.45) is 2.55. The van der Waals surface area contributed by atoms with Crippen molar-refractivity contribution in [2.24, 2.45) is 5.41 Å². The van der Waals surface area contributed by atoms with Crippen LogP contribution in [0.3, 0.4) is 0 Å². The first kappa shape index (κ1) is 21.4. The fraction of sp³-hybridized carbons (Fsp3) is 0.409. The van der Waals surface area contributed by atoms with E-state index in [9.17, 15) is 18.8 Å². The lowest BCUT2D eigenvalue weighted by molar-refractivity contribution is -0.164. The molecule has 0 aliphatic heterocycles. The maximum absolute atomic E-state index is 13.4. The summed E-state index contributed by atoms with van der Waals surface area (Å²) in [6, 6.07) is 7.30. The van der Waals surface area contributed by atoms with Crippen LogP contribution in [0.1, 0.15) is 48.9 Å². The number of benzene rings is 1. The van der Waals surface area contributed by atoms with E-state index in [1.807, 2.05) is 0 Å². The molecule has 1 aromatic carbocycles. The van der Waals surface area contributed by atoms with Crippen molar-refractivity contribution in [2.75, 3.05) is 6.61 Å². The zero-order chi connectivity index (χ0) is 22.2. The summed E-state index contributed by atoms with van der Waals surface area (Å²) in [5, 5.41) is 5.58. The van der Waals surface area contributed by atoms with Crippen LogP contribution in [0.15, 0.2) is 34.7 Å². The van der Waals surface area contributed by atoms with Crippen molar-refractivity contribution in [2.45, 2.75) is 44.7 Å². The van der Waals surface area contributed by atoms with Gasteiger partial charge < -0.3 is 19.8 Å². The van der Waals surface area contributed by atoms with Gasteiger partial charge in [-0.25, -0.2) is 4.39 Å². The Labute approximate surface area is 183 Å². The molecule has 2 N–H and O–H groups in total. The van der Waals surface area contributed by atoms with E-state index in [4.69, 9.17) is 20.8 Å². The van der Waals surface area contributed by atoms with Gasteiger partial charge >= 0.3 is 0 Å². The third-order valence-electron chi connectivity index (χ3n) is 5.79. The lowest BCUT2D eigenvalue weighted by Crippen LogP contribution is -2.75. The normalized spacial score (nSPS) is 23.3. The number of hydrogen-bond donors (Lipinski definition) is 2. The van der Waals surface area contributed by atoms with Crippen LogP contribution < -0.4 is 15.4 Å². The molecule has 5 rings (SSSR count). The Bertz CT molecular complexity index is 1030. The molecule has 2 amide bonds. The minimum atomic E-state index is -0.607. The lowest BCUT2D eigenvalue weighted by atomic mass is 9.38. The van der Waals surface area contributed by atoms with Crippen molar-refractivity contribution in [1.29, 1.82) is 0 Å². The van der Waals surface area contributed by atoms with Crippen molar-refractivity contribution in [3.8, 4) is 5.75 Å². The largest absolute Gasteiger partial charge is 0.484 e. The highest BCUT2D eigenvalue weighted by molar-refractivity contribution is 6.30. The summed E-state index contributed by atoms with van der Waals surface area (Å²) in [4.78, 5) is 35.7. The second-order valence-electron chi connectivity index (χ2n) is 8.50. The zero-order valence-corrected chi connectivity index (χ0v) is 17.7. The third-order valence-corrected chi connectivity index (χ3v) is 6.10. The van der Waals surface area contributed by atoms with Crippen molar-refractivity contribution in [1.82, 2.24) is 10.6 Å². The first-order valence-electron chi connectivity index (χ1n) is 9.93. The molecule has 0 unspecified atom stereocenters. The Hall–Kier alpha value is -2.87. The quantitative estimate of drug-likeness (QED) is 0.573. The van der Waals surface area contributed by atoms with Crippen LogP contribution in [0.2, 0.25) is 5.02 Å². The molecule has 9 heteroatoms. The van der Waals surface area contributed by atoms with Crippen LogP contribution in [0.25, 0.3) is 0 Å². The number of rotatable bonds is 9. The average Bonchev–Trinajstić information content (AvgIpc) is 3.14. The molecule has 3 fully saturated rings. The fourth-order valence-electron chi connectivity index (χ4n) is 4.63. The molecule has 2 bridgehead atoms. The topological polar surface area (TPSA) is 97.6 Å². The SMILES string of the molecule is CC(=O)NCc1ccc(C(=O)CC23CC(NC(=O)COc4ccc(Cl)c(F)c4)(C2)C3)o1. The molecule has 1 aromatic heterocycles. The molecule has 31 heavy (non-hydrogen) atoms. The minimum absolute atomic E-state index is 0.0102. The fourth-order valence-corrected chi connectivity index (χ4v) is 4.75. The minimum Gasteiger partial charge on any atom is -0.484 e. The predicted octanol–water partition coefficient (Wildman–Crippen LogP) is 3.40. The molecule has 164 valence electrons. The maximum Gasteiger partial charge on any atom is 0.258 e. The Morgan fingerprint density at radius 3 is 2.61 bits per heavy atom. The molecule has 0 spiro atoms. The third kappa shape index (κ3) is 4.58. The van der Waals surface area contributed by atoms with Crippen molar-refractivity contribution in [3.63, 3.8) is 0 Å². The first-order valence-corrected chi connectivity index (χ1v) is 10.3. The Morgan fingerprint density at radius 1 is 1.19 bits per heavy atom. The van der Waals surface area contributed by atoms with Crippen LogP contribution in [-0.4, -0.2) is 29.7 Å². The predicted molar refractivity (Wildman–Crippen MR) is 109 cm³/mol. The van der Waals surface area contributed by atoms with Gasteiger partial charge in [0.2, 0.25) is 5.91 Å². The van der Waals surface area contributed by atoms with E-state index in [1.54, 1.807) is 12.1 Å². The van der Waals surface area contributed by atoms with E-state index in [0.717, 1.165) is 25.3 Å². The molecule has 0 saturated heterocycles. The van der Waals surface area contributed by atoms with Gasteiger partial charge in [-0.1, -0.05) is 11.6 Å². The Balaban J connectivity index is 1.21. The summed E-state index contributed by atoms with van der Waals surface area (Å²) >= 11 is 5.62. The highest BCUT2D eigenvalue weighted by atomic mass is 35.5. The summed E-state index contributed by atoms with van der Waals surface area (Å²) in [5.41, 5.74) is -0.388. The van der Waals surface area contributed by atoms with Crippen LogP contribution >= 0.6 is 11.6 Å². The molecule has 3 aliphatic rings. The van der Waals surface area contributed by atoms with E-state index in [2.05, 4.69) is 10.6 Å². The first-order chi connectivity index (χ1) is 14.7. The number of carbonyl (C=O) groups excluding carboxylic acids is 3. The second kappa shape index (κ2) is 8.00. The van der Waals surface area contributed by atoms with Gasteiger partial charge in [0, 0.05) is 24.9 Å². The molecule has 1 heterocycles. The summed E-state index contributed by atoms with van der Waals surface area (Å²) < 4.78 is 24.3. The molecular formula is C22H22ClFN2O5. The van der Waals surface area contributed by atoms with Gasteiger partial charge in [0.25, 0.3) is 5.91 Å².